The highest BCUT2D eigenvalue weighted by molar-refractivity contribution is 6.09. The van der Waals surface area contributed by atoms with E-state index in [9.17, 15) is 9.18 Å². The molecule has 0 bridgehead atoms. The Hall–Kier alpha value is -1.68. The molecule has 4 heteroatoms. The molecule has 84 valence electrons. The van der Waals surface area contributed by atoms with E-state index in [0.717, 1.165) is 5.52 Å². The van der Waals surface area contributed by atoms with Crippen LogP contribution < -0.4 is 5.32 Å². The minimum Gasteiger partial charge on any atom is -0.350 e. The maximum absolute atomic E-state index is 13.1. The molecule has 0 saturated heterocycles. The van der Waals surface area contributed by atoms with Gasteiger partial charge in [-0.1, -0.05) is 0 Å². The Morgan fingerprint density at radius 1 is 1.50 bits per heavy atom. The first-order chi connectivity index (χ1) is 7.63. The van der Waals surface area contributed by atoms with Gasteiger partial charge in [-0.15, -0.1) is 0 Å². The fourth-order valence-electron chi connectivity index (χ4n) is 1.84. The van der Waals surface area contributed by atoms with Crippen LogP contribution in [0.5, 0.6) is 0 Å². The molecule has 0 amide bonds. The van der Waals surface area contributed by atoms with Gasteiger partial charge in [-0.25, -0.2) is 4.39 Å². The van der Waals surface area contributed by atoms with Crippen LogP contribution in [0.25, 0.3) is 10.9 Å². The number of aromatic nitrogens is 1. The number of nitrogens with one attached hydrogen (secondary N) is 1. The summed E-state index contributed by atoms with van der Waals surface area (Å²) in [6, 6.07) is 4.48. The minimum atomic E-state index is -0.322. The van der Waals surface area contributed by atoms with Crippen LogP contribution in [0.4, 0.5) is 4.39 Å². The average molecular weight is 220 g/mol. The first-order valence-corrected chi connectivity index (χ1v) is 5.06. The maximum Gasteiger partial charge on any atom is 0.178 e. The van der Waals surface area contributed by atoms with Crippen molar-refractivity contribution in [3.8, 4) is 0 Å². The van der Waals surface area contributed by atoms with Gasteiger partial charge in [-0.2, -0.15) is 0 Å². The summed E-state index contributed by atoms with van der Waals surface area (Å²) in [7, 11) is 3.56. The number of nitrogens with zero attached hydrogens (tertiary/aromatic N) is 1. The second-order valence-corrected chi connectivity index (χ2v) is 3.77. The van der Waals surface area contributed by atoms with Crippen LogP contribution in [0.1, 0.15) is 10.4 Å². The van der Waals surface area contributed by atoms with E-state index in [0.29, 0.717) is 10.9 Å². The monoisotopic (exact) mass is 220 g/mol. The summed E-state index contributed by atoms with van der Waals surface area (Å²) in [5, 5.41) is 3.47. The van der Waals surface area contributed by atoms with Crippen LogP contribution >= 0.6 is 0 Å². The summed E-state index contributed by atoms with van der Waals surface area (Å²) in [5.41, 5.74) is 1.42. The van der Waals surface area contributed by atoms with Crippen molar-refractivity contribution in [3.63, 3.8) is 0 Å². The number of Topliss-reactive ketones (excluding diaryl/α,β-unsaturated/α-hetero) is 1. The second-order valence-electron chi connectivity index (χ2n) is 3.77. The van der Waals surface area contributed by atoms with Crippen molar-refractivity contribution in [2.24, 2.45) is 7.05 Å². The van der Waals surface area contributed by atoms with Gasteiger partial charge in [0.15, 0.2) is 5.78 Å². The zero-order valence-electron chi connectivity index (χ0n) is 9.25. The van der Waals surface area contributed by atoms with Gasteiger partial charge in [-0.05, 0) is 25.2 Å². The molecule has 1 aromatic carbocycles. The van der Waals surface area contributed by atoms with E-state index in [2.05, 4.69) is 5.32 Å². The summed E-state index contributed by atoms with van der Waals surface area (Å²) in [4.78, 5) is 11.8. The smallest absolute Gasteiger partial charge is 0.178 e. The first-order valence-electron chi connectivity index (χ1n) is 5.06. The van der Waals surface area contributed by atoms with E-state index in [1.807, 2.05) is 11.6 Å². The Morgan fingerprint density at radius 2 is 2.25 bits per heavy atom. The largest absolute Gasteiger partial charge is 0.350 e. The van der Waals surface area contributed by atoms with Gasteiger partial charge in [0, 0.05) is 29.7 Å². The number of benzene rings is 1. The van der Waals surface area contributed by atoms with Crippen LogP contribution in [-0.2, 0) is 7.05 Å². The molecule has 3 nitrogen and oxygen atoms in total. The lowest BCUT2D eigenvalue weighted by atomic mass is 10.1. The number of carbonyl (C=O) groups is 1. The second kappa shape index (κ2) is 4.06. The predicted octanol–water partition coefficient (Wildman–Crippen LogP) is 1.72. The fourth-order valence-corrected chi connectivity index (χ4v) is 1.84. The Bertz CT molecular complexity index is 545. The van der Waals surface area contributed by atoms with E-state index in [-0.39, 0.29) is 18.1 Å². The highest BCUT2D eigenvalue weighted by Crippen LogP contribution is 2.21. The summed E-state index contributed by atoms with van der Waals surface area (Å²) in [6.07, 6.45) is 1.74. The van der Waals surface area contributed by atoms with Gasteiger partial charge in [0.25, 0.3) is 0 Å². The van der Waals surface area contributed by atoms with E-state index >= 15 is 0 Å². The maximum atomic E-state index is 13.1. The molecule has 0 aliphatic heterocycles. The number of fused-ring (bicyclic) bond motifs is 1. The third kappa shape index (κ3) is 1.72. The number of hydrogen-bond donors (Lipinski definition) is 1. The summed E-state index contributed by atoms with van der Waals surface area (Å²) >= 11 is 0. The number of halogens is 1. The molecule has 16 heavy (non-hydrogen) atoms. The van der Waals surface area contributed by atoms with Crippen molar-refractivity contribution >= 4 is 16.7 Å². The molecule has 0 aliphatic rings. The fraction of sp³-hybridized carbons (Fsp3) is 0.250. The molecule has 2 rings (SSSR count). The third-order valence-corrected chi connectivity index (χ3v) is 2.59. The molecular weight excluding hydrogens is 207 g/mol. The summed E-state index contributed by atoms with van der Waals surface area (Å²) in [6.45, 7) is 0.260. The molecule has 0 saturated carbocycles. The lowest BCUT2D eigenvalue weighted by Crippen LogP contribution is -2.18. The van der Waals surface area contributed by atoms with Crippen molar-refractivity contribution in [2.45, 2.75) is 0 Å². The third-order valence-electron chi connectivity index (χ3n) is 2.59. The van der Waals surface area contributed by atoms with Crippen molar-refractivity contribution in [2.75, 3.05) is 13.6 Å². The molecule has 2 aromatic rings. The number of hydrogen-bond acceptors (Lipinski definition) is 2. The van der Waals surface area contributed by atoms with Crippen molar-refractivity contribution < 1.29 is 9.18 Å². The standard InChI is InChI=1S/C12H13FN2O/c1-14-6-12(16)10-7-15(2)11-4-3-8(13)5-9(10)11/h3-5,7,14H,6H2,1-2H3. The predicted molar refractivity (Wildman–Crippen MR) is 61.1 cm³/mol. The quantitative estimate of drug-likeness (QED) is 0.799. The normalized spacial score (nSPS) is 10.9. The lowest BCUT2D eigenvalue weighted by molar-refractivity contribution is 0.0995. The molecule has 1 aromatic heterocycles. The average Bonchev–Trinajstić information content (AvgIpc) is 2.56. The van der Waals surface area contributed by atoms with Crippen molar-refractivity contribution in [1.29, 1.82) is 0 Å². The van der Waals surface area contributed by atoms with Crippen molar-refractivity contribution in [3.05, 3.63) is 35.8 Å². The van der Waals surface area contributed by atoms with Gasteiger partial charge in [-0.3, -0.25) is 4.79 Å². The zero-order chi connectivity index (χ0) is 11.7. The molecule has 1 N–H and O–H groups in total. The zero-order valence-corrected chi connectivity index (χ0v) is 9.25. The Balaban J connectivity index is 2.61. The number of carbonyl (C=O) groups excluding carboxylic acids is 1. The van der Waals surface area contributed by atoms with Crippen LogP contribution in [0, 0.1) is 5.82 Å². The Kier molecular flexibility index (Phi) is 2.75. The van der Waals surface area contributed by atoms with Crippen LogP contribution in [0.3, 0.4) is 0 Å². The van der Waals surface area contributed by atoms with Crippen molar-refractivity contribution in [1.82, 2.24) is 9.88 Å². The molecule has 0 atom stereocenters. The van der Waals surface area contributed by atoms with Gasteiger partial charge < -0.3 is 9.88 Å². The minimum absolute atomic E-state index is 0.0290. The highest BCUT2D eigenvalue weighted by Gasteiger charge is 2.13. The van der Waals surface area contributed by atoms with Crippen LogP contribution in [0.15, 0.2) is 24.4 Å². The van der Waals surface area contributed by atoms with Gasteiger partial charge in [0.2, 0.25) is 0 Å². The molecular formula is C12H13FN2O. The van der Waals surface area contributed by atoms with Gasteiger partial charge in [0.05, 0.1) is 6.54 Å². The van der Waals surface area contributed by atoms with Crippen LogP contribution in [-0.4, -0.2) is 23.9 Å². The van der Waals surface area contributed by atoms with E-state index in [1.54, 1.807) is 19.3 Å². The molecule has 1 heterocycles. The Morgan fingerprint density at radius 3 is 2.94 bits per heavy atom. The Labute approximate surface area is 92.9 Å². The van der Waals surface area contributed by atoms with Gasteiger partial charge >= 0.3 is 0 Å². The first kappa shape index (κ1) is 10.8. The van der Waals surface area contributed by atoms with Gasteiger partial charge in [0.1, 0.15) is 5.82 Å². The van der Waals surface area contributed by atoms with E-state index in [4.69, 9.17) is 0 Å². The summed E-state index contributed by atoms with van der Waals surface area (Å²) < 4.78 is 15.0. The molecule has 0 unspecified atom stereocenters. The molecule has 0 radical (unpaired) electrons. The number of likely N-dealkylation sites (N-methyl/N-ethyl adjacent to an activating group) is 1. The number of rotatable bonds is 3. The highest BCUT2D eigenvalue weighted by atomic mass is 19.1. The molecule has 0 fully saturated rings. The molecule has 0 spiro atoms. The number of ketones is 1. The molecule has 0 aliphatic carbocycles. The SMILES string of the molecule is CNCC(=O)c1cn(C)c2ccc(F)cc12. The van der Waals surface area contributed by atoms with E-state index in [1.165, 1.54) is 12.1 Å². The van der Waals surface area contributed by atoms with Crippen LogP contribution in [0.2, 0.25) is 0 Å². The lowest BCUT2D eigenvalue weighted by Gasteiger charge is -1.97. The van der Waals surface area contributed by atoms with E-state index < -0.39 is 0 Å². The topological polar surface area (TPSA) is 34.0 Å². The number of aryl methyl sites for hydroxylation is 1. The summed E-state index contributed by atoms with van der Waals surface area (Å²) in [5.74, 6) is -0.351.